The van der Waals surface area contributed by atoms with Crippen molar-refractivity contribution in [2.45, 2.75) is 57.7 Å². The lowest BCUT2D eigenvalue weighted by Crippen LogP contribution is -2.30. The van der Waals surface area contributed by atoms with E-state index in [1.807, 2.05) is 0 Å². The van der Waals surface area contributed by atoms with Gasteiger partial charge in [0.1, 0.15) is 0 Å². The van der Waals surface area contributed by atoms with Crippen LogP contribution in [0.15, 0.2) is 0 Å². The maximum Gasteiger partial charge on any atom is 0.393 e. The van der Waals surface area contributed by atoms with Gasteiger partial charge in [0.2, 0.25) is 0 Å². The number of rotatable bonds is 3. The van der Waals surface area contributed by atoms with Crippen LogP contribution in [-0.4, -0.2) is 30.9 Å². The summed E-state index contributed by atoms with van der Waals surface area (Å²) in [6, 6.07) is 0.536. The van der Waals surface area contributed by atoms with Gasteiger partial charge in [-0.1, -0.05) is 26.2 Å². The summed E-state index contributed by atoms with van der Waals surface area (Å²) < 4.78 is 47.7. The third-order valence-corrected chi connectivity index (χ3v) is 3.08. The number of halogens is 4. The molecule has 1 fully saturated rings. The largest absolute Gasteiger partial charge is 0.393 e. The molecule has 0 radical (unpaired) electrons. The standard InChI is InChI=1S/C6H11F4N.C6H13N/c1-3-5(4-11(2)10)6(7,8)9;7-6-4-2-1-3-5-6/h5H,3-4H2,1-2H3;6H,1-5,7H2. The number of hydrogen-bond donors (Lipinski definition) is 1. The van der Waals surface area contributed by atoms with E-state index in [4.69, 9.17) is 5.73 Å². The normalized spacial score (nSPS) is 19.3. The Balaban J connectivity index is 0.000000351. The fourth-order valence-corrected chi connectivity index (χ4v) is 1.90. The van der Waals surface area contributed by atoms with E-state index in [0.29, 0.717) is 6.04 Å². The van der Waals surface area contributed by atoms with Crippen molar-refractivity contribution in [2.24, 2.45) is 11.7 Å². The summed E-state index contributed by atoms with van der Waals surface area (Å²) in [4.78, 5) is 0. The Bertz CT molecular complexity index is 201. The first kappa shape index (κ1) is 17.6. The summed E-state index contributed by atoms with van der Waals surface area (Å²) in [5, 5.41) is 0.0572. The van der Waals surface area contributed by atoms with Gasteiger partial charge in [-0.2, -0.15) is 13.2 Å². The first-order valence-corrected chi connectivity index (χ1v) is 6.46. The summed E-state index contributed by atoms with van der Waals surface area (Å²) in [5.41, 5.74) is 5.63. The van der Waals surface area contributed by atoms with Crippen LogP contribution in [0.25, 0.3) is 0 Å². The molecule has 1 atom stereocenters. The van der Waals surface area contributed by atoms with Crippen LogP contribution in [0.2, 0.25) is 0 Å². The third kappa shape index (κ3) is 8.69. The van der Waals surface area contributed by atoms with Gasteiger partial charge in [0.15, 0.2) is 0 Å². The molecule has 1 saturated carbocycles. The zero-order valence-electron chi connectivity index (χ0n) is 11.1. The number of nitrogens with two attached hydrogens (primary N) is 1. The molecule has 0 spiro atoms. The van der Waals surface area contributed by atoms with Crippen LogP contribution in [-0.2, 0) is 0 Å². The molecular weight excluding hydrogens is 248 g/mol. The molecule has 0 heterocycles. The highest BCUT2D eigenvalue weighted by atomic mass is 19.4. The predicted molar refractivity (Wildman–Crippen MR) is 64.6 cm³/mol. The van der Waals surface area contributed by atoms with Crippen LogP contribution >= 0.6 is 0 Å². The van der Waals surface area contributed by atoms with Gasteiger partial charge in [0, 0.05) is 19.6 Å². The van der Waals surface area contributed by atoms with Crippen molar-refractivity contribution in [2.75, 3.05) is 13.6 Å². The zero-order chi connectivity index (χ0) is 14.2. The molecule has 1 aliphatic rings. The first-order valence-electron chi connectivity index (χ1n) is 6.46. The second kappa shape index (κ2) is 8.69. The zero-order valence-corrected chi connectivity index (χ0v) is 11.1. The molecular formula is C12H24F4N2. The number of nitrogens with zero attached hydrogens (tertiary/aromatic N) is 1. The molecule has 0 amide bonds. The maximum atomic E-state index is 12.0. The van der Waals surface area contributed by atoms with E-state index in [2.05, 4.69) is 0 Å². The van der Waals surface area contributed by atoms with Crippen molar-refractivity contribution in [3.8, 4) is 0 Å². The number of alkyl halides is 3. The Kier molecular flexibility index (Phi) is 8.52. The van der Waals surface area contributed by atoms with Crippen molar-refractivity contribution in [1.82, 2.24) is 5.12 Å². The minimum Gasteiger partial charge on any atom is -0.328 e. The predicted octanol–water partition coefficient (Wildman–Crippen LogP) is 3.67. The molecule has 1 unspecified atom stereocenters. The lowest BCUT2D eigenvalue weighted by Gasteiger charge is -2.19. The second-order valence-electron chi connectivity index (χ2n) is 4.83. The van der Waals surface area contributed by atoms with Gasteiger partial charge in [0.25, 0.3) is 0 Å². The summed E-state index contributed by atoms with van der Waals surface area (Å²) in [6.45, 7) is 0.807. The molecule has 0 saturated heterocycles. The summed E-state index contributed by atoms with van der Waals surface area (Å²) in [5.74, 6) is -1.56. The van der Waals surface area contributed by atoms with Crippen LogP contribution in [0, 0.1) is 5.92 Å². The molecule has 2 nitrogen and oxygen atoms in total. The fourth-order valence-electron chi connectivity index (χ4n) is 1.90. The van der Waals surface area contributed by atoms with Crippen molar-refractivity contribution >= 4 is 0 Å². The molecule has 6 heteroatoms. The van der Waals surface area contributed by atoms with Crippen LogP contribution < -0.4 is 5.73 Å². The molecule has 1 rings (SSSR count). The molecule has 0 aromatic heterocycles. The van der Waals surface area contributed by atoms with Crippen LogP contribution in [0.3, 0.4) is 0 Å². The lowest BCUT2D eigenvalue weighted by molar-refractivity contribution is -0.187. The Morgan fingerprint density at radius 1 is 1.22 bits per heavy atom. The average Bonchev–Trinajstić information content (AvgIpc) is 2.26. The first-order chi connectivity index (χ1) is 8.27. The van der Waals surface area contributed by atoms with E-state index < -0.39 is 18.6 Å². The summed E-state index contributed by atoms with van der Waals surface area (Å²) >= 11 is 0. The summed E-state index contributed by atoms with van der Waals surface area (Å²) in [7, 11) is 0.981. The average molecular weight is 272 g/mol. The van der Waals surface area contributed by atoms with Gasteiger partial charge in [-0.25, -0.2) is 0 Å². The Morgan fingerprint density at radius 3 is 1.89 bits per heavy atom. The van der Waals surface area contributed by atoms with E-state index in [1.54, 1.807) is 0 Å². The second-order valence-corrected chi connectivity index (χ2v) is 4.83. The van der Waals surface area contributed by atoms with Crippen molar-refractivity contribution in [1.29, 1.82) is 0 Å². The third-order valence-electron chi connectivity index (χ3n) is 3.08. The van der Waals surface area contributed by atoms with Crippen molar-refractivity contribution in [3.63, 3.8) is 0 Å². The molecule has 1 aliphatic carbocycles. The Labute approximate surface area is 106 Å². The highest BCUT2D eigenvalue weighted by Crippen LogP contribution is 2.29. The van der Waals surface area contributed by atoms with Gasteiger partial charge < -0.3 is 5.73 Å². The maximum absolute atomic E-state index is 12.0. The minimum atomic E-state index is -4.28. The van der Waals surface area contributed by atoms with Crippen molar-refractivity contribution in [3.05, 3.63) is 0 Å². The molecule has 2 N–H and O–H groups in total. The molecule has 110 valence electrons. The Morgan fingerprint density at radius 2 is 1.72 bits per heavy atom. The van der Waals surface area contributed by atoms with E-state index in [1.165, 1.54) is 39.0 Å². The van der Waals surface area contributed by atoms with Crippen LogP contribution in [0.4, 0.5) is 17.7 Å². The molecule has 0 aromatic rings. The minimum absolute atomic E-state index is 0.0572. The van der Waals surface area contributed by atoms with Crippen LogP contribution in [0.5, 0.6) is 0 Å². The molecule has 0 bridgehead atoms. The highest BCUT2D eigenvalue weighted by Gasteiger charge is 2.38. The van der Waals surface area contributed by atoms with E-state index in [0.717, 1.165) is 7.05 Å². The van der Waals surface area contributed by atoms with E-state index in [9.17, 15) is 17.7 Å². The monoisotopic (exact) mass is 272 g/mol. The quantitative estimate of drug-likeness (QED) is 0.627. The fraction of sp³-hybridized carbons (Fsp3) is 1.00. The van der Waals surface area contributed by atoms with E-state index in [-0.39, 0.29) is 11.5 Å². The SMILES string of the molecule is CCC(CN(C)F)C(F)(F)F.NC1CCCCC1. The lowest BCUT2D eigenvalue weighted by atomic mass is 9.97. The van der Waals surface area contributed by atoms with Gasteiger partial charge in [-0.05, 0) is 19.3 Å². The van der Waals surface area contributed by atoms with E-state index >= 15 is 0 Å². The van der Waals surface area contributed by atoms with Gasteiger partial charge >= 0.3 is 6.18 Å². The topological polar surface area (TPSA) is 29.3 Å². The number of hydrogen-bond acceptors (Lipinski definition) is 2. The Hall–Kier alpha value is -0.360. The van der Waals surface area contributed by atoms with Gasteiger partial charge in [0.05, 0.1) is 5.92 Å². The molecule has 18 heavy (non-hydrogen) atoms. The molecule has 0 aromatic carbocycles. The van der Waals surface area contributed by atoms with Crippen LogP contribution in [0.1, 0.15) is 45.4 Å². The smallest absolute Gasteiger partial charge is 0.328 e. The summed E-state index contributed by atoms with van der Waals surface area (Å²) in [6.07, 6.45) is 2.29. The highest BCUT2D eigenvalue weighted by molar-refractivity contribution is 4.67. The van der Waals surface area contributed by atoms with Gasteiger partial charge in [-0.15, -0.1) is 9.60 Å². The molecule has 0 aliphatic heterocycles. The van der Waals surface area contributed by atoms with Gasteiger partial charge in [-0.3, -0.25) is 0 Å². The van der Waals surface area contributed by atoms with Crippen molar-refractivity contribution < 1.29 is 17.7 Å².